The molecule has 0 aliphatic carbocycles. The van der Waals surface area contributed by atoms with Gasteiger partial charge in [0.05, 0.1) is 5.41 Å². The van der Waals surface area contributed by atoms with Crippen molar-refractivity contribution in [2.45, 2.75) is 18.8 Å². The van der Waals surface area contributed by atoms with Crippen LogP contribution in [0.15, 0.2) is 24.3 Å². The number of hydrogen-bond donors (Lipinski definition) is 1. The summed E-state index contributed by atoms with van der Waals surface area (Å²) in [7, 11) is 3.77. The van der Waals surface area contributed by atoms with Gasteiger partial charge in [0.25, 0.3) is 0 Å². The van der Waals surface area contributed by atoms with Gasteiger partial charge in [0.2, 0.25) is 5.91 Å². The smallest absolute Gasteiger partial charge is 0.237 e. The summed E-state index contributed by atoms with van der Waals surface area (Å²) in [6.07, 6.45) is 0.837. The Morgan fingerprint density at radius 1 is 1.38 bits per heavy atom. The molecule has 1 N–H and O–H groups in total. The summed E-state index contributed by atoms with van der Waals surface area (Å²) >= 11 is 0. The number of nitrogens with zero attached hydrogens (tertiary/aromatic N) is 1. The van der Waals surface area contributed by atoms with Crippen molar-refractivity contribution < 1.29 is 4.79 Å². The molecule has 0 aromatic heterocycles. The normalized spacial score (nSPS) is 23.7. The number of fused-ring (bicyclic) bond motifs is 1. The van der Waals surface area contributed by atoms with Crippen molar-refractivity contribution >= 4 is 11.6 Å². The van der Waals surface area contributed by atoms with Crippen LogP contribution in [0.2, 0.25) is 0 Å². The first-order valence-electron chi connectivity index (χ1n) is 5.63. The van der Waals surface area contributed by atoms with Crippen LogP contribution < -0.4 is 10.2 Å². The summed E-state index contributed by atoms with van der Waals surface area (Å²) in [5.41, 5.74) is 1.83. The molecule has 2 rings (SSSR count). The number of rotatable bonds is 3. The van der Waals surface area contributed by atoms with Crippen LogP contribution in [0.25, 0.3) is 0 Å². The van der Waals surface area contributed by atoms with Crippen molar-refractivity contribution in [1.29, 1.82) is 0 Å². The lowest BCUT2D eigenvalue weighted by Gasteiger charge is -2.22. The fourth-order valence-corrected chi connectivity index (χ4v) is 2.44. The van der Waals surface area contributed by atoms with Crippen molar-refractivity contribution in [3.8, 4) is 0 Å². The van der Waals surface area contributed by atoms with Crippen LogP contribution in [0.4, 0.5) is 5.69 Å². The third-order valence-corrected chi connectivity index (χ3v) is 3.51. The second-order valence-electron chi connectivity index (χ2n) is 4.57. The largest absolute Gasteiger partial charge is 0.320 e. The zero-order chi connectivity index (χ0) is 11.8. The molecular weight excluding hydrogens is 200 g/mol. The molecule has 0 bridgehead atoms. The molecule has 1 aromatic carbocycles. The minimum absolute atomic E-state index is 0.198. The average molecular weight is 218 g/mol. The Morgan fingerprint density at radius 2 is 2.06 bits per heavy atom. The number of para-hydroxylation sites is 1. The fraction of sp³-hybridized carbons (Fsp3) is 0.462. The summed E-state index contributed by atoms with van der Waals surface area (Å²) in [6.45, 7) is 2.89. The molecule has 1 aliphatic heterocycles. The molecule has 1 atom stereocenters. The van der Waals surface area contributed by atoms with Crippen LogP contribution in [0.3, 0.4) is 0 Å². The van der Waals surface area contributed by atoms with E-state index in [1.165, 1.54) is 0 Å². The number of hydrogen-bond acceptors (Lipinski definition) is 2. The minimum Gasteiger partial charge on any atom is -0.320 e. The lowest BCUT2D eigenvalue weighted by Crippen LogP contribution is -2.38. The van der Waals surface area contributed by atoms with Gasteiger partial charge in [-0.15, -0.1) is 0 Å². The molecular formula is C13H18N2O. The third-order valence-electron chi connectivity index (χ3n) is 3.51. The summed E-state index contributed by atoms with van der Waals surface area (Å²) in [5, 5.41) is 3.12. The van der Waals surface area contributed by atoms with E-state index in [2.05, 4.69) is 11.4 Å². The van der Waals surface area contributed by atoms with Gasteiger partial charge in [0, 0.05) is 12.7 Å². The minimum atomic E-state index is -0.367. The van der Waals surface area contributed by atoms with Gasteiger partial charge in [-0.3, -0.25) is 4.79 Å². The Balaban J connectivity index is 2.43. The van der Waals surface area contributed by atoms with Crippen LogP contribution in [0.1, 0.15) is 18.9 Å². The highest BCUT2D eigenvalue weighted by atomic mass is 16.2. The van der Waals surface area contributed by atoms with E-state index in [-0.39, 0.29) is 11.3 Å². The standard InChI is InChI=1S/C13H18N2O/c1-13(8-9-14-2)10-6-4-5-7-11(10)15(3)12(13)16/h4-7,14H,8-9H2,1-3H3. The number of carbonyl (C=O) groups excluding carboxylic acids is 1. The Hall–Kier alpha value is -1.35. The second kappa shape index (κ2) is 3.91. The number of carbonyl (C=O) groups is 1. The molecule has 0 saturated carbocycles. The van der Waals surface area contributed by atoms with E-state index in [1.807, 2.05) is 39.2 Å². The fourth-order valence-electron chi connectivity index (χ4n) is 2.44. The number of likely N-dealkylation sites (N-methyl/N-ethyl adjacent to an activating group) is 1. The Morgan fingerprint density at radius 3 is 2.75 bits per heavy atom. The molecule has 1 aromatic rings. The van der Waals surface area contributed by atoms with Gasteiger partial charge in [-0.05, 0) is 38.6 Å². The lowest BCUT2D eigenvalue weighted by molar-refractivity contribution is -0.122. The molecule has 1 amide bonds. The molecule has 0 fully saturated rings. The summed E-state index contributed by atoms with van der Waals surface area (Å²) in [5.74, 6) is 0.198. The highest BCUT2D eigenvalue weighted by Gasteiger charge is 2.44. The highest BCUT2D eigenvalue weighted by Crippen LogP contribution is 2.42. The monoisotopic (exact) mass is 218 g/mol. The maximum atomic E-state index is 12.3. The summed E-state index contributed by atoms with van der Waals surface area (Å²) in [6, 6.07) is 8.06. The first kappa shape index (κ1) is 11.1. The molecule has 1 aliphatic rings. The van der Waals surface area contributed by atoms with Gasteiger partial charge in [0.1, 0.15) is 0 Å². The third kappa shape index (κ3) is 1.43. The quantitative estimate of drug-likeness (QED) is 0.834. The van der Waals surface area contributed by atoms with Crippen molar-refractivity contribution in [3.05, 3.63) is 29.8 Å². The number of amides is 1. The molecule has 0 radical (unpaired) electrons. The zero-order valence-electron chi connectivity index (χ0n) is 10.1. The molecule has 3 nitrogen and oxygen atoms in total. The van der Waals surface area contributed by atoms with E-state index in [0.717, 1.165) is 24.2 Å². The van der Waals surface area contributed by atoms with E-state index in [9.17, 15) is 4.79 Å². The van der Waals surface area contributed by atoms with E-state index in [0.29, 0.717) is 0 Å². The first-order chi connectivity index (χ1) is 7.61. The maximum Gasteiger partial charge on any atom is 0.237 e. The average Bonchev–Trinajstić information content (AvgIpc) is 2.51. The molecule has 3 heteroatoms. The maximum absolute atomic E-state index is 12.3. The molecule has 1 heterocycles. The SMILES string of the molecule is CNCCC1(C)C(=O)N(C)c2ccccc21. The van der Waals surface area contributed by atoms with E-state index in [4.69, 9.17) is 0 Å². The van der Waals surface area contributed by atoms with E-state index in [1.54, 1.807) is 4.90 Å². The molecule has 86 valence electrons. The second-order valence-corrected chi connectivity index (χ2v) is 4.57. The van der Waals surface area contributed by atoms with Gasteiger partial charge in [-0.2, -0.15) is 0 Å². The number of benzene rings is 1. The predicted molar refractivity (Wildman–Crippen MR) is 65.7 cm³/mol. The van der Waals surface area contributed by atoms with Crippen LogP contribution in [0.5, 0.6) is 0 Å². The van der Waals surface area contributed by atoms with Gasteiger partial charge in [-0.25, -0.2) is 0 Å². The zero-order valence-corrected chi connectivity index (χ0v) is 10.1. The van der Waals surface area contributed by atoms with Crippen LogP contribution in [-0.4, -0.2) is 26.5 Å². The lowest BCUT2D eigenvalue weighted by atomic mass is 9.81. The molecule has 16 heavy (non-hydrogen) atoms. The van der Waals surface area contributed by atoms with Gasteiger partial charge < -0.3 is 10.2 Å². The molecule has 0 spiro atoms. The Kier molecular flexibility index (Phi) is 2.72. The number of anilines is 1. The predicted octanol–water partition coefficient (Wildman–Crippen LogP) is 1.53. The van der Waals surface area contributed by atoms with Gasteiger partial charge in [-0.1, -0.05) is 18.2 Å². The van der Waals surface area contributed by atoms with Crippen LogP contribution in [0, 0.1) is 0 Å². The van der Waals surface area contributed by atoms with E-state index >= 15 is 0 Å². The highest BCUT2D eigenvalue weighted by molar-refractivity contribution is 6.07. The summed E-state index contributed by atoms with van der Waals surface area (Å²) in [4.78, 5) is 14.1. The first-order valence-corrected chi connectivity index (χ1v) is 5.63. The summed E-state index contributed by atoms with van der Waals surface area (Å²) < 4.78 is 0. The Bertz CT molecular complexity index is 416. The van der Waals surface area contributed by atoms with Crippen molar-refractivity contribution in [3.63, 3.8) is 0 Å². The van der Waals surface area contributed by atoms with Gasteiger partial charge in [0.15, 0.2) is 0 Å². The number of nitrogens with one attached hydrogen (secondary N) is 1. The topological polar surface area (TPSA) is 32.3 Å². The molecule has 0 saturated heterocycles. The van der Waals surface area contributed by atoms with E-state index < -0.39 is 0 Å². The Labute approximate surface area is 96.5 Å². The van der Waals surface area contributed by atoms with Crippen molar-refractivity contribution in [2.24, 2.45) is 0 Å². The van der Waals surface area contributed by atoms with Crippen molar-refractivity contribution in [1.82, 2.24) is 5.32 Å². The van der Waals surface area contributed by atoms with Crippen molar-refractivity contribution in [2.75, 3.05) is 25.5 Å². The molecule has 1 unspecified atom stereocenters. The van der Waals surface area contributed by atoms with Crippen LogP contribution in [-0.2, 0) is 10.2 Å². The van der Waals surface area contributed by atoms with Gasteiger partial charge >= 0.3 is 0 Å². The van der Waals surface area contributed by atoms with Crippen LogP contribution >= 0.6 is 0 Å².